The van der Waals surface area contributed by atoms with Crippen molar-refractivity contribution in [2.75, 3.05) is 13.7 Å². The van der Waals surface area contributed by atoms with Crippen LogP contribution in [0.4, 0.5) is 0 Å². The van der Waals surface area contributed by atoms with Gasteiger partial charge in [0, 0.05) is 6.04 Å². The Morgan fingerprint density at radius 3 is 2.40 bits per heavy atom. The molecule has 2 atom stereocenters. The summed E-state index contributed by atoms with van der Waals surface area (Å²) in [5.41, 5.74) is 0. The lowest BCUT2D eigenvalue weighted by molar-refractivity contribution is -0.138. The molecule has 0 heterocycles. The summed E-state index contributed by atoms with van der Waals surface area (Å²) in [5, 5.41) is 20.3. The van der Waals surface area contributed by atoms with Crippen molar-refractivity contribution in [3.8, 4) is 0 Å². The molecule has 0 saturated heterocycles. The van der Waals surface area contributed by atoms with Gasteiger partial charge in [-0.15, -0.1) is 0 Å². The van der Waals surface area contributed by atoms with Crippen molar-refractivity contribution in [2.45, 2.75) is 18.6 Å². The first-order valence-corrected chi connectivity index (χ1v) is 5.56. The zero-order chi connectivity index (χ0) is 12.1. The summed E-state index contributed by atoms with van der Waals surface area (Å²) in [6.07, 6.45) is -1.68. The molecule has 0 spiro atoms. The van der Waals surface area contributed by atoms with Crippen LogP contribution in [0.5, 0.6) is 0 Å². The number of carbonyl (C=O) groups is 1. The van der Waals surface area contributed by atoms with E-state index < -0.39 is 32.5 Å². The molecular formula is C6H14NO7P. The number of likely N-dealkylation sites (N-methyl/N-ethyl adjacent to an activating group) is 1. The van der Waals surface area contributed by atoms with Crippen molar-refractivity contribution in [1.82, 2.24) is 5.32 Å². The lowest BCUT2D eigenvalue weighted by atomic mass is 10.1. The van der Waals surface area contributed by atoms with Gasteiger partial charge in [-0.3, -0.25) is 9.32 Å². The van der Waals surface area contributed by atoms with Crippen LogP contribution in [-0.2, 0) is 13.9 Å². The van der Waals surface area contributed by atoms with Crippen molar-refractivity contribution in [3.63, 3.8) is 0 Å². The number of phosphoric acid groups is 1. The minimum absolute atomic E-state index is 0.373. The molecule has 0 saturated carbocycles. The van der Waals surface area contributed by atoms with Crippen molar-refractivity contribution in [2.24, 2.45) is 0 Å². The van der Waals surface area contributed by atoms with Crippen LogP contribution in [0.2, 0.25) is 0 Å². The molecule has 0 aliphatic carbocycles. The van der Waals surface area contributed by atoms with Crippen LogP contribution in [0, 0.1) is 0 Å². The maximum absolute atomic E-state index is 10.3. The maximum atomic E-state index is 10.3. The quantitative estimate of drug-likeness (QED) is 0.341. The third-order valence-corrected chi connectivity index (χ3v) is 2.13. The van der Waals surface area contributed by atoms with Gasteiger partial charge >= 0.3 is 13.8 Å². The standard InChI is InChI=1S/C6H14NO7P/c1-7-4(2-6(9)10)5(8)3-14-15(11,12)13/h4-5,7-8H,2-3H2,1H3,(H,9,10)(H2,11,12,13). The van der Waals surface area contributed by atoms with Crippen LogP contribution < -0.4 is 5.32 Å². The molecule has 15 heavy (non-hydrogen) atoms. The molecule has 0 fully saturated rings. The number of phosphoric ester groups is 1. The third kappa shape index (κ3) is 7.43. The van der Waals surface area contributed by atoms with Crippen molar-refractivity contribution in [1.29, 1.82) is 0 Å². The first kappa shape index (κ1) is 14.5. The first-order chi connectivity index (χ1) is 6.76. The van der Waals surface area contributed by atoms with Gasteiger partial charge < -0.3 is 25.3 Å². The molecule has 0 aromatic heterocycles. The van der Waals surface area contributed by atoms with E-state index >= 15 is 0 Å². The fourth-order valence-corrected chi connectivity index (χ4v) is 1.26. The Kier molecular flexibility index (Phi) is 5.96. The van der Waals surface area contributed by atoms with Crippen LogP contribution in [0.15, 0.2) is 0 Å². The molecule has 0 bridgehead atoms. The molecule has 90 valence electrons. The first-order valence-electron chi connectivity index (χ1n) is 4.03. The topological polar surface area (TPSA) is 136 Å². The van der Waals surface area contributed by atoms with Crippen LogP contribution >= 0.6 is 7.82 Å². The highest BCUT2D eigenvalue weighted by molar-refractivity contribution is 7.46. The van der Waals surface area contributed by atoms with Crippen LogP contribution in [-0.4, -0.2) is 51.8 Å². The molecule has 0 aliphatic heterocycles. The van der Waals surface area contributed by atoms with E-state index in [0.29, 0.717) is 0 Å². The Morgan fingerprint density at radius 1 is 1.53 bits per heavy atom. The van der Waals surface area contributed by atoms with E-state index in [9.17, 15) is 14.5 Å². The molecule has 2 unspecified atom stereocenters. The Balaban J connectivity index is 4.10. The van der Waals surface area contributed by atoms with Crippen LogP contribution in [0.25, 0.3) is 0 Å². The monoisotopic (exact) mass is 243 g/mol. The van der Waals surface area contributed by atoms with Gasteiger partial charge in [-0.25, -0.2) is 4.57 Å². The number of aliphatic carboxylic acids is 1. The number of carboxylic acid groups (broad SMARTS) is 1. The van der Waals surface area contributed by atoms with Gasteiger partial charge in [-0.2, -0.15) is 0 Å². The Bertz CT molecular complexity index is 252. The van der Waals surface area contributed by atoms with Crippen LogP contribution in [0.3, 0.4) is 0 Å². The van der Waals surface area contributed by atoms with Gasteiger partial charge in [0.15, 0.2) is 0 Å². The number of carboxylic acids is 1. The zero-order valence-corrected chi connectivity index (χ0v) is 8.92. The zero-order valence-electron chi connectivity index (χ0n) is 8.03. The Morgan fingerprint density at radius 2 is 2.07 bits per heavy atom. The third-order valence-electron chi connectivity index (χ3n) is 1.64. The lowest BCUT2D eigenvalue weighted by Gasteiger charge is -2.20. The normalized spacial score (nSPS) is 16.0. The molecule has 0 aromatic rings. The minimum Gasteiger partial charge on any atom is -0.481 e. The smallest absolute Gasteiger partial charge is 0.469 e. The number of aliphatic hydroxyl groups excluding tert-OH is 1. The fourth-order valence-electron chi connectivity index (χ4n) is 0.908. The number of rotatable bonds is 7. The summed E-state index contributed by atoms with van der Waals surface area (Å²) in [6, 6.07) is -0.825. The number of nitrogens with one attached hydrogen (secondary N) is 1. The number of hydrogen-bond donors (Lipinski definition) is 5. The van der Waals surface area contributed by atoms with E-state index in [2.05, 4.69) is 9.84 Å². The minimum atomic E-state index is -4.64. The van der Waals surface area contributed by atoms with Gasteiger partial charge in [0.05, 0.1) is 19.1 Å². The maximum Gasteiger partial charge on any atom is 0.469 e. The predicted octanol–water partition coefficient (Wildman–Crippen LogP) is -1.48. The van der Waals surface area contributed by atoms with Crippen molar-refractivity contribution < 1.29 is 33.9 Å². The van der Waals surface area contributed by atoms with Crippen LogP contribution in [0.1, 0.15) is 6.42 Å². The molecule has 0 radical (unpaired) electrons. The molecule has 0 rings (SSSR count). The van der Waals surface area contributed by atoms with Crippen molar-refractivity contribution >= 4 is 13.8 Å². The second-order valence-electron chi connectivity index (χ2n) is 2.85. The fraction of sp³-hybridized carbons (Fsp3) is 0.833. The molecule has 9 heteroatoms. The highest BCUT2D eigenvalue weighted by Crippen LogP contribution is 2.35. The highest BCUT2D eigenvalue weighted by Gasteiger charge is 2.24. The summed E-state index contributed by atoms with van der Waals surface area (Å²) in [4.78, 5) is 27.0. The molecule has 0 aliphatic rings. The Labute approximate surface area is 86.1 Å². The summed E-state index contributed by atoms with van der Waals surface area (Å²) < 4.78 is 14.3. The average molecular weight is 243 g/mol. The average Bonchev–Trinajstić information content (AvgIpc) is 2.08. The van der Waals surface area contributed by atoms with E-state index in [4.69, 9.17) is 14.9 Å². The largest absolute Gasteiger partial charge is 0.481 e. The van der Waals surface area contributed by atoms with Gasteiger partial charge in [0.2, 0.25) is 0 Å². The predicted molar refractivity (Wildman–Crippen MR) is 49.1 cm³/mol. The number of aliphatic hydroxyl groups is 1. The molecular weight excluding hydrogens is 229 g/mol. The lowest BCUT2D eigenvalue weighted by Crippen LogP contribution is -2.41. The van der Waals surface area contributed by atoms with Gasteiger partial charge in [-0.05, 0) is 7.05 Å². The van der Waals surface area contributed by atoms with Gasteiger partial charge in [0.25, 0.3) is 0 Å². The van der Waals surface area contributed by atoms with Crippen molar-refractivity contribution in [3.05, 3.63) is 0 Å². The van der Waals surface area contributed by atoms with E-state index in [1.54, 1.807) is 0 Å². The highest BCUT2D eigenvalue weighted by atomic mass is 31.2. The van der Waals surface area contributed by atoms with Gasteiger partial charge in [0.1, 0.15) is 0 Å². The second kappa shape index (κ2) is 6.16. The summed E-state index contributed by atoms with van der Waals surface area (Å²) in [7, 11) is -3.21. The molecule has 0 aromatic carbocycles. The molecule has 5 N–H and O–H groups in total. The summed E-state index contributed by atoms with van der Waals surface area (Å²) >= 11 is 0. The summed E-state index contributed by atoms with van der Waals surface area (Å²) in [5.74, 6) is -1.13. The van der Waals surface area contributed by atoms with E-state index in [1.165, 1.54) is 7.05 Å². The molecule has 0 amide bonds. The SMILES string of the molecule is CNC(CC(=O)O)C(O)COP(=O)(O)O. The number of hydrogen-bond acceptors (Lipinski definition) is 5. The van der Waals surface area contributed by atoms with E-state index in [1.807, 2.05) is 0 Å². The molecule has 8 nitrogen and oxygen atoms in total. The summed E-state index contributed by atoms with van der Waals surface area (Å²) in [6.45, 7) is -0.636. The second-order valence-corrected chi connectivity index (χ2v) is 4.09. The van der Waals surface area contributed by atoms with E-state index in [0.717, 1.165) is 0 Å². The van der Waals surface area contributed by atoms with E-state index in [-0.39, 0.29) is 6.42 Å². The van der Waals surface area contributed by atoms with Gasteiger partial charge in [-0.1, -0.05) is 0 Å². The Hall–Kier alpha value is -0.500.